The number of carbonyl (C=O) groups is 1. The molecule has 0 saturated carbocycles. The first-order valence-electron chi connectivity index (χ1n) is 7.49. The van der Waals surface area contributed by atoms with Crippen LogP contribution in [0, 0.1) is 3.57 Å². The van der Waals surface area contributed by atoms with Crippen molar-refractivity contribution in [2.75, 3.05) is 32.7 Å². The molecule has 1 aromatic rings. The maximum Gasteiger partial charge on any atom is 0.257 e. The molecule has 1 aliphatic heterocycles. The van der Waals surface area contributed by atoms with Crippen molar-refractivity contribution in [2.24, 2.45) is 0 Å². The Morgan fingerprint density at radius 2 is 1.95 bits per heavy atom. The molecule has 21 heavy (non-hydrogen) atoms. The Morgan fingerprint density at radius 1 is 1.29 bits per heavy atom. The van der Waals surface area contributed by atoms with Gasteiger partial charge in [0.1, 0.15) is 5.75 Å². The topological polar surface area (TPSA) is 32.8 Å². The number of nitrogens with zero attached hydrogens (tertiary/aromatic N) is 2. The first-order valence-corrected chi connectivity index (χ1v) is 8.57. The minimum absolute atomic E-state index is 0.0617. The number of hydrogen-bond acceptors (Lipinski definition) is 3. The summed E-state index contributed by atoms with van der Waals surface area (Å²) >= 11 is 2.24. The van der Waals surface area contributed by atoms with Crippen LogP contribution in [0.1, 0.15) is 31.1 Å². The Labute approximate surface area is 140 Å². The van der Waals surface area contributed by atoms with Gasteiger partial charge in [0.05, 0.1) is 11.7 Å². The van der Waals surface area contributed by atoms with E-state index in [1.807, 2.05) is 36.9 Å². The van der Waals surface area contributed by atoms with Gasteiger partial charge < -0.3 is 14.5 Å². The van der Waals surface area contributed by atoms with Crippen LogP contribution in [0.25, 0.3) is 0 Å². The van der Waals surface area contributed by atoms with Crippen LogP contribution in [0.15, 0.2) is 18.2 Å². The zero-order valence-corrected chi connectivity index (χ0v) is 15.1. The molecular formula is C16H23IN2O2. The number of benzene rings is 1. The Hall–Kier alpha value is -0.820. The molecule has 1 fully saturated rings. The second-order valence-electron chi connectivity index (χ2n) is 5.53. The highest BCUT2D eigenvalue weighted by atomic mass is 127. The number of ether oxygens (including phenoxy) is 1. The van der Waals surface area contributed by atoms with Gasteiger partial charge in [0.2, 0.25) is 0 Å². The highest BCUT2D eigenvalue weighted by molar-refractivity contribution is 14.1. The van der Waals surface area contributed by atoms with Gasteiger partial charge in [-0.05, 0) is 61.2 Å². The van der Waals surface area contributed by atoms with Crippen molar-refractivity contribution in [1.29, 1.82) is 0 Å². The molecule has 0 unspecified atom stereocenters. The second kappa shape index (κ2) is 7.45. The van der Waals surface area contributed by atoms with Gasteiger partial charge in [0, 0.05) is 29.7 Å². The summed E-state index contributed by atoms with van der Waals surface area (Å²) in [5, 5.41) is 0. The molecule has 0 radical (unpaired) electrons. The van der Waals surface area contributed by atoms with Crippen molar-refractivity contribution in [3.8, 4) is 5.75 Å². The van der Waals surface area contributed by atoms with Crippen molar-refractivity contribution >= 4 is 28.5 Å². The minimum Gasteiger partial charge on any atom is -0.490 e. The maximum absolute atomic E-state index is 12.7. The number of halogens is 1. The Bertz CT molecular complexity index is 497. The number of piperazine rings is 1. The summed E-state index contributed by atoms with van der Waals surface area (Å²) in [6.07, 6.45) is 0.0617. The summed E-state index contributed by atoms with van der Waals surface area (Å²) in [6.45, 7) is 10.7. The Balaban J connectivity index is 2.15. The van der Waals surface area contributed by atoms with E-state index >= 15 is 0 Å². The number of carbonyl (C=O) groups excluding carboxylic acids is 1. The van der Waals surface area contributed by atoms with Gasteiger partial charge in [-0.2, -0.15) is 0 Å². The fourth-order valence-corrected chi connectivity index (χ4v) is 2.92. The smallest absolute Gasteiger partial charge is 0.257 e. The van der Waals surface area contributed by atoms with Crippen LogP contribution in [0.2, 0.25) is 0 Å². The molecule has 1 heterocycles. The van der Waals surface area contributed by atoms with Crippen molar-refractivity contribution < 1.29 is 9.53 Å². The third-order valence-electron chi connectivity index (χ3n) is 3.64. The van der Waals surface area contributed by atoms with Gasteiger partial charge in [0.25, 0.3) is 5.91 Å². The molecule has 4 nitrogen and oxygen atoms in total. The van der Waals surface area contributed by atoms with Gasteiger partial charge in [-0.3, -0.25) is 4.79 Å². The van der Waals surface area contributed by atoms with Crippen molar-refractivity contribution in [1.82, 2.24) is 9.80 Å². The van der Waals surface area contributed by atoms with Crippen LogP contribution in [0.3, 0.4) is 0 Å². The molecule has 0 atom stereocenters. The van der Waals surface area contributed by atoms with E-state index in [-0.39, 0.29) is 12.0 Å². The quantitative estimate of drug-likeness (QED) is 0.727. The van der Waals surface area contributed by atoms with E-state index in [0.717, 1.165) is 36.3 Å². The predicted molar refractivity (Wildman–Crippen MR) is 92.9 cm³/mol. The summed E-state index contributed by atoms with van der Waals surface area (Å²) in [4.78, 5) is 17.0. The van der Waals surface area contributed by atoms with Gasteiger partial charge in [-0.15, -0.1) is 0 Å². The van der Waals surface area contributed by atoms with Crippen LogP contribution in [0.4, 0.5) is 0 Å². The van der Waals surface area contributed by atoms with Gasteiger partial charge in [-0.1, -0.05) is 6.92 Å². The molecule has 1 amide bonds. The largest absolute Gasteiger partial charge is 0.490 e. The number of rotatable bonds is 4. The summed E-state index contributed by atoms with van der Waals surface area (Å²) in [6, 6.07) is 5.79. The lowest BCUT2D eigenvalue weighted by Gasteiger charge is -2.34. The Morgan fingerprint density at radius 3 is 2.52 bits per heavy atom. The molecule has 2 rings (SSSR count). The number of hydrogen-bond donors (Lipinski definition) is 0. The van der Waals surface area contributed by atoms with Crippen LogP contribution >= 0.6 is 22.6 Å². The highest BCUT2D eigenvalue weighted by Crippen LogP contribution is 2.24. The van der Waals surface area contributed by atoms with Gasteiger partial charge >= 0.3 is 0 Å². The van der Waals surface area contributed by atoms with E-state index in [2.05, 4.69) is 34.4 Å². The molecule has 0 aliphatic carbocycles. The van der Waals surface area contributed by atoms with Crippen molar-refractivity contribution in [3.05, 3.63) is 27.3 Å². The molecule has 116 valence electrons. The summed E-state index contributed by atoms with van der Waals surface area (Å²) in [5.41, 5.74) is 0.675. The first-order chi connectivity index (χ1) is 10.0. The summed E-state index contributed by atoms with van der Waals surface area (Å²) in [7, 11) is 0. The molecule has 1 aliphatic rings. The first kappa shape index (κ1) is 16.5. The molecule has 0 spiro atoms. The highest BCUT2D eigenvalue weighted by Gasteiger charge is 2.24. The van der Waals surface area contributed by atoms with Gasteiger partial charge in [-0.25, -0.2) is 0 Å². The number of amides is 1. The van der Waals surface area contributed by atoms with Crippen molar-refractivity contribution in [3.63, 3.8) is 0 Å². The fourth-order valence-electron chi connectivity index (χ4n) is 2.46. The predicted octanol–water partition coefficient (Wildman–Crippen LogP) is 2.86. The van der Waals surface area contributed by atoms with Crippen LogP contribution in [-0.2, 0) is 0 Å². The third-order valence-corrected chi connectivity index (χ3v) is 4.31. The standard InChI is InChI=1S/C16H23IN2O2/c1-4-18-7-9-19(10-8-18)16(20)14-6-5-13(17)11-15(14)21-12(2)3/h5-6,11-12H,4,7-10H2,1-3H3. The lowest BCUT2D eigenvalue weighted by molar-refractivity contribution is 0.0637. The van der Waals surface area contributed by atoms with E-state index in [1.165, 1.54) is 0 Å². The molecule has 0 aromatic heterocycles. The SMILES string of the molecule is CCN1CCN(C(=O)c2ccc(I)cc2OC(C)C)CC1. The molecular weight excluding hydrogens is 379 g/mol. The second-order valence-corrected chi connectivity index (χ2v) is 6.78. The molecule has 0 bridgehead atoms. The zero-order valence-electron chi connectivity index (χ0n) is 12.9. The molecule has 0 N–H and O–H groups in total. The van der Waals surface area contributed by atoms with Crippen LogP contribution in [0.5, 0.6) is 5.75 Å². The molecule has 5 heteroatoms. The molecule has 1 saturated heterocycles. The van der Waals surface area contributed by atoms with E-state index in [9.17, 15) is 4.79 Å². The minimum atomic E-state index is 0.0617. The summed E-state index contributed by atoms with van der Waals surface area (Å²) < 4.78 is 6.90. The third kappa shape index (κ3) is 4.32. The van der Waals surface area contributed by atoms with Crippen LogP contribution in [-0.4, -0.2) is 54.5 Å². The van der Waals surface area contributed by atoms with E-state index < -0.39 is 0 Å². The van der Waals surface area contributed by atoms with E-state index in [4.69, 9.17) is 4.74 Å². The monoisotopic (exact) mass is 402 g/mol. The number of likely N-dealkylation sites (N-methyl/N-ethyl adjacent to an activating group) is 1. The van der Waals surface area contributed by atoms with E-state index in [0.29, 0.717) is 11.3 Å². The normalized spacial score (nSPS) is 16.3. The summed E-state index contributed by atoms with van der Waals surface area (Å²) in [5.74, 6) is 0.776. The van der Waals surface area contributed by atoms with Crippen molar-refractivity contribution in [2.45, 2.75) is 26.9 Å². The average molecular weight is 402 g/mol. The van der Waals surface area contributed by atoms with E-state index in [1.54, 1.807) is 0 Å². The fraction of sp³-hybridized carbons (Fsp3) is 0.562. The maximum atomic E-state index is 12.7. The van der Waals surface area contributed by atoms with Gasteiger partial charge in [0.15, 0.2) is 0 Å². The average Bonchev–Trinajstić information content (AvgIpc) is 2.46. The lowest BCUT2D eigenvalue weighted by Crippen LogP contribution is -2.48. The van der Waals surface area contributed by atoms with Crippen LogP contribution < -0.4 is 4.74 Å². The zero-order chi connectivity index (χ0) is 15.4. The molecule has 1 aromatic carbocycles. The Kier molecular flexibility index (Phi) is 5.87. The lowest BCUT2D eigenvalue weighted by atomic mass is 10.1.